The Morgan fingerprint density at radius 1 is 1.38 bits per heavy atom. The lowest BCUT2D eigenvalue weighted by Gasteiger charge is -2.33. The van der Waals surface area contributed by atoms with Crippen molar-refractivity contribution in [3.63, 3.8) is 0 Å². The Bertz CT molecular complexity index is 757. The number of aromatic amines is 1. The molecule has 0 amide bonds. The van der Waals surface area contributed by atoms with Crippen molar-refractivity contribution in [2.45, 2.75) is 58.5 Å². The van der Waals surface area contributed by atoms with E-state index in [-0.39, 0.29) is 11.1 Å². The van der Waals surface area contributed by atoms with E-state index in [4.69, 9.17) is 0 Å². The van der Waals surface area contributed by atoms with Crippen LogP contribution in [0.4, 0.5) is 5.95 Å². The third kappa shape index (κ3) is 3.45. The Kier molecular flexibility index (Phi) is 4.62. The van der Waals surface area contributed by atoms with Crippen LogP contribution in [0, 0.1) is 0 Å². The van der Waals surface area contributed by atoms with Crippen molar-refractivity contribution in [1.82, 2.24) is 24.6 Å². The summed E-state index contributed by atoms with van der Waals surface area (Å²) in [6.07, 6.45) is 5.46. The van der Waals surface area contributed by atoms with Gasteiger partial charge in [-0.15, -0.1) is 0 Å². The molecule has 1 unspecified atom stereocenters. The highest BCUT2D eigenvalue weighted by Crippen LogP contribution is 2.19. The van der Waals surface area contributed by atoms with Gasteiger partial charge in [0, 0.05) is 19.1 Å². The van der Waals surface area contributed by atoms with Crippen molar-refractivity contribution in [2.75, 3.05) is 25.0 Å². The Balaban J connectivity index is 1.74. The second-order valence-corrected chi connectivity index (χ2v) is 7.69. The molecule has 0 aromatic carbocycles. The fraction of sp³-hybridized carbons (Fsp3) is 0.706. The van der Waals surface area contributed by atoms with Crippen molar-refractivity contribution in [3.8, 4) is 0 Å². The van der Waals surface area contributed by atoms with Gasteiger partial charge in [0.05, 0.1) is 11.7 Å². The average molecular weight is 332 g/mol. The lowest BCUT2D eigenvalue weighted by molar-refractivity contribution is 0.167. The van der Waals surface area contributed by atoms with Crippen LogP contribution in [0.3, 0.4) is 0 Å². The molecule has 1 saturated heterocycles. The molecule has 132 valence electrons. The first-order valence-electron chi connectivity index (χ1n) is 8.83. The number of piperidine rings is 1. The molecule has 0 saturated carbocycles. The van der Waals surface area contributed by atoms with Crippen molar-refractivity contribution in [3.05, 3.63) is 16.6 Å². The summed E-state index contributed by atoms with van der Waals surface area (Å²) in [5, 5.41) is 8.12. The Hall–Kier alpha value is -1.89. The molecule has 1 fully saturated rings. The van der Waals surface area contributed by atoms with Gasteiger partial charge in [-0.3, -0.25) is 14.7 Å². The minimum absolute atomic E-state index is 0.149. The van der Waals surface area contributed by atoms with Crippen LogP contribution in [-0.2, 0) is 5.54 Å². The summed E-state index contributed by atoms with van der Waals surface area (Å²) in [4.78, 5) is 22.1. The van der Waals surface area contributed by atoms with Gasteiger partial charge in [0.1, 0.15) is 5.39 Å². The van der Waals surface area contributed by atoms with Crippen LogP contribution in [-0.4, -0.2) is 50.3 Å². The molecule has 24 heavy (non-hydrogen) atoms. The average Bonchev–Trinajstić information content (AvgIpc) is 2.94. The standard InChI is InChI=1S/C17H28N6O/c1-12-7-5-6-9-22(12)10-8-18-16-20-14-13(15(24)21-16)11-19-23(14)17(2,3)4/h11-12H,5-10H2,1-4H3,(H2,18,20,21,24). The smallest absolute Gasteiger partial charge is 0.263 e. The van der Waals surface area contributed by atoms with E-state index >= 15 is 0 Å². The number of H-pyrrole nitrogens is 1. The molecule has 1 atom stereocenters. The van der Waals surface area contributed by atoms with E-state index in [1.165, 1.54) is 19.3 Å². The predicted molar refractivity (Wildman–Crippen MR) is 96.5 cm³/mol. The summed E-state index contributed by atoms with van der Waals surface area (Å²) >= 11 is 0. The number of hydrogen-bond acceptors (Lipinski definition) is 5. The quantitative estimate of drug-likeness (QED) is 0.897. The zero-order valence-corrected chi connectivity index (χ0v) is 15.1. The van der Waals surface area contributed by atoms with Crippen LogP contribution in [0.25, 0.3) is 11.0 Å². The minimum atomic E-state index is -0.219. The Morgan fingerprint density at radius 3 is 2.88 bits per heavy atom. The monoisotopic (exact) mass is 332 g/mol. The fourth-order valence-electron chi connectivity index (χ4n) is 3.30. The minimum Gasteiger partial charge on any atom is -0.354 e. The van der Waals surface area contributed by atoms with Gasteiger partial charge < -0.3 is 5.32 Å². The molecule has 1 aliphatic rings. The molecule has 0 bridgehead atoms. The second-order valence-electron chi connectivity index (χ2n) is 7.69. The molecule has 3 heterocycles. The van der Waals surface area contributed by atoms with Crippen LogP contribution in [0.1, 0.15) is 47.0 Å². The van der Waals surface area contributed by atoms with Crippen LogP contribution in [0.15, 0.2) is 11.0 Å². The van der Waals surface area contributed by atoms with Crippen molar-refractivity contribution < 1.29 is 0 Å². The van der Waals surface area contributed by atoms with E-state index in [0.29, 0.717) is 23.0 Å². The number of anilines is 1. The van der Waals surface area contributed by atoms with E-state index in [0.717, 1.165) is 19.6 Å². The van der Waals surface area contributed by atoms with E-state index in [1.54, 1.807) is 10.9 Å². The molecule has 2 aromatic rings. The van der Waals surface area contributed by atoms with Crippen molar-refractivity contribution in [1.29, 1.82) is 0 Å². The molecular weight excluding hydrogens is 304 g/mol. The van der Waals surface area contributed by atoms with E-state index in [1.807, 2.05) is 20.8 Å². The summed E-state index contributed by atoms with van der Waals surface area (Å²) in [7, 11) is 0. The molecular formula is C17H28N6O. The summed E-state index contributed by atoms with van der Waals surface area (Å²) < 4.78 is 1.80. The van der Waals surface area contributed by atoms with Gasteiger partial charge in [-0.25, -0.2) is 4.68 Å². The summed E-state index contributed by atoms with van der Waals surface area (Å²) in [6.45, 7) is 11.3. The molecule has 2 aromatic heterocycles. The van der Waals surface area contributed by atoms with Gasteiger partial charge in [-0.1, -0.05) is 6.42 Å². The Morgan fingerprint density at radius 2 is 2.17 bits per heavy atom. The molecule has 0 aliphatic carbocycles. The van der Waals surface area contributed by atoms with Gasteiger partial charge in [-0.05, 0) is 47.1 Å². The molecule has 1 aliphatic heterocycles. The molecule has 0 spiro atoms. The summed E-state index contributed by atoms with van der Waals surface area (Å²) in [6, 6.07) is 0.636. The lowest BCUT2D eigenvalue weighted by atomic mass is 10.0. The fourth-order valence-corrected chi connectivity index (χ4v) is 3.30. The van der Waals surface area contributed by atoms with Gasteiger partial charge in [0.15, 0.2) is 5.65 Å². The van der Waals surface area contributed by atoms with Crippen LogP contribution in [0.2, 0.25) is 0 Å². The topological polar surface area (TPSA) is 78.8 Å². The maximum Gasteiger partial charge on any atom is 0.263 e. The number of likely N-dealkylation sites (tertiary alicyclic amines) is 1. The predicted octanol–water partition coefficient (Wildman–Crippen LogP) is 2.16. The first-order chi connectivity index (χ1) is 11.4. The van der Waals surface area contributed by atoms with Crippen LogP contribution >= 0.6 is 0 Å². The summed E-state index contributed by atoms with van der Waals surface area (Å²) in [5.41, 5.74) is 0.257. The van der Waals surface area contributed by atoms with Crippen LogP contribution in [0.5, 0.6) is 0 Å². The molecule has 7 nitrogen and oxygen atoms in total. The first-order valence-corrected chi connectivity index (χ1v) is 8.83. The number of rotatable bonds is 4. The Labute approximate surface area is 142 Å². The third-order valence-electron chi connectivity index (χ3n) is 4.71. The largest absolute Gasteiger partial charge is 0.354 e. The molecule has 3 rings (SSSR count). The van der Waals surface area contributed by atoms with Gasteiger partial charge >= 0.3 is 0 Å². The number of nitrogens with one attached hydrogen (secondary N) is 2. The lowest BCUT2D eigenvalue weighted by Crippen LogP contribution is -2.40. The number of hydrogen-bond donors (Lipinski definition) is 2. The normalized spacial score (nSPS) is 19.8. The molecule has 7 heteroatoms. The third-order valence-corrected chi connectivity index (χ3v) is 4.71. The van der Waals surface area contributed by atoms with E-state index in [2.05, 4.69) is 32.2 Å². The van der Waals surface area contributed by atoms with E-state index < -0.39 is 0 Å². The molecule has 2 N–H and O–H groups in total. The van der Waals surface area contributed by atoms with Gasteiger partial charge in [0.2, 0.25) is 5.95 Å². The zero-order valence-electron chi connectivity index (χ0n) is 15.1. The highest BCUT2D eigenvalue weighted by atomic mass is 16.1. The van der Waals surface area contributed by atoms with Crippen LogP contribution < -0.4 is 10.9 Å². The SMILES string of the molecule is CC1CCCCN1CCNc1nc2c(cnn2C(C)(C)C)c(=O)[nH]1. The van der Waals surface area contributed by atoms with Gasteiger partial charge in [0.25, 0.3) is 5.56 Å². The zero-order chi connectivity index (χ0) is 17.3. The summed E-state index contributed by atoms with van der Waals surface area (Å²) in [5.74, 6) is 0.517. The first kappa shape index (κ1) is 17.0. The maximum atomic E-state index is 12.3. The highest BCUT2D eigenvalue weighted by Gasteiger charge is 2.20. The highest BCUT2D eigenvalue weighted by molar-refractivity contribution is 5.74. The maximum absolute atomic E-state index is 12.3. The van der Waals surface area contributed by atoms with Gasteiger partial charge in [-0.2, -0.15) is 10.1 Å². The number of aromatic nitrogens is 4. The van der Waals surface area contributed by atoms with Crippen molar-refractivity contribution >= 4 is 17.0 Å². The number of nitrogens with zero attached hydrogens (tertiary/aromatic N) is 4. The second kappa shape index (κ2) is 6.55. The van der Waals surface area contributed by atoms with E-state index in [9.17, 15) is 4.79 Å². The number of fused-ring (bicyclic) bond motifs is 1. The van der Waals surface area contributed by atoms with Crippen molar-refractivity contribution in [2.24, 2.45) is 0 Å². The molecule has 0 radical (unpaired) electrons.